The Morgan fingerprint density at radius 3 is 1.43 bits per heavy atom. The quantitative estimate of drug-likeness (QED) is 0.309. The number of hydrogen-bond acceptors (Lipinski definition) is 14. The van der Waals surface area contributed by atoms with Gasteiger partial charge in [-0.05, 0) is 17.3 Å². The van der Waals surface area contributed by atoms with Crippen molar-refractivity contribution in [2.45, 2.75) is 0 Å². The molecular weight excluding hydrogens is 284 g/mol. The molecule has 0 fully saturated rings. The van der Waals surface area contributed by atoms with Gasteiger partial charge in [0.05, 0.1) is 0 Å². The van der Waals surface area contributed by atoms with Gasteiger partial charge in [-0.15, -0.1) is 5.10 Å². The summed E-state index contributed by atoms with van der Waals surface area (Å²) in [5, 5.41) is 16.1. The lowest BCUT2D eigenvalue weighted by Crippen LogP contribution is -1.90. The first kappa shape index (κ1) is 76.1. The van der Waals surface area contributed by atoms with E-state index in [2.05, 4.69) is 10.3 Å². The molecule has 2 rings (SSSR count). The van der Waals surface area contributed by atoms with Crippen LogP contribution in [0.25, 0.3) is 11.0 Å². The SMILES string of the molecule is N.N.N.N.N.N.N.N.N.N.N.On1nnc2ccccc21. The van der Waals surface area contributed by atoms with Crippen molar-refractivity contribution in [3.05, 3.63) is 24.3 Å². The van der Waals surface area contributed by atoms with Crippen molar-refractivity contribution in [1.82, 2.24) is 82.8 Å². The van der Waals surface area contributed by atoms with Gasteiger partial charge in [0, 0.05) is 0 Å². The first-order valence-corrected chi connectivity index (χ1v) is 2.87. The molecule has 138 valence electrons. The lowest BCUT2D eigenvalue weighted by atomic mass is 10.3. The van der Waals surface area contributed by atoms with Crippen molar-refractivity contribution in [2.75, 3.05) is 0 Å². The molecule has 15 nitrogen and oxygen atoms in total. The summed E-state index contributed by atoms with van der Waals surface area (Å²) in [6.07, 6.45) is 0. The fraction of sp³-hybridized carbons (Fsp3) is 0. The van der Waals surface area contributed by atoms with Crippen LogP contribution in [-0.4, -0.2) is 20.4 Å². The molecule has 0 atom stereocenters. The first-order chi connectivity index (χ1) is 4.88. The Hall–Kier alpha value is -2.02. The monoisotopic (exact) mass is 322 g/mol. The smallest absolute Gasteiger partial charge is 0.130 e. The van der Waals surface area contributed by atoms with E-state index < -0.39 is 0 Å². The van der Waals surface area contributed by atoms with Crippen LogP contribution in [0.3, 0.4) is 0 Å². The summed E-state index contributed by atoms with van der Waals surface area (Å²) in [6, 6.07) is 7.19. The van der Waals surface area contributed by atoms with Crippen LogP contribution in [0, 0.1) is 0 Å². The number of para-hydroxylation sites is 1. The molecule has 21 heavy (non-hydrogen) atoms. The maximum atomic E-state index is 8.95. The number of benzene rings is 1. The summed E-state index contributed by atoms with van der Waals surface area (Å²) in [6.45, 7) is 0. The Morgan fingerprint density at radius 1 is 0.667 bits per heavy atom. The Kier molecular flexibility index (Phi) is 111. The van der Waals surface area contributed by atoms with Gasteiger partial charge in [-0.1, -0.05) is 17.0 Å². The van der Waals surface area contributed by atoms with E-state index >= 15 is 0 Å². The average molecular weight is 322 g/mol. The second-order valence-corrected chi connectivity index (χ2v) is 1.97. The largest absolute Gasteiger partial charge is 0.410 e. The number of aromatic nitrogens is 3. The molecule has 34 N–H and O–H groups in total. The van der Waals surface area contributed by atoms with Crippen LogP contribution < -0.4 is 67.7 Å². The minimum atomic E-state index is 0. The number of fused-ring (bicyclic) bond motifs is 1. The zero-order valence-corrected chi connectivity index (χ0v) is 12.9. The molecule has 1 aromatic carbocycles. The third kappa shape index (κ3) is 14.2. The van der Waals surface area contributed by atoms with Crippen LogP contribution >= 0.6 is 0 Å². The van der Waals surface area contributed by atoms with Crippen molar-refractivity contribution < 1.29 is 5.21 Å². The fourth-order valence-corrected chi connectivity index (χ4v) is 0.857. The van der Waals surface area contributed by atoms with Gasteiger partial charge >= 0.3 is 0 Å². The molecule has 1 heterocycles. The zero-order valence-electron chi connectivity index (χ0n) is 12.9. The summed E-state index contributed by atoms with van der Waals surface area (Å²) in [5.41, 5.74) is 1.33. The second-order valence-electron chi connectivity index (χ2n) is 1.97. The van der Waals surface area contributed by atoms with Gasteiger partial charge in [0.2, 0.25) is 0 Å². The molecule has 15 heteroatoms. The molecule has 0 amide bonds. The van der Waals surface area contributed by atoms with Crippen molar-refractivity contribution in [3.63, 3.8) is 0 Å². The van der Waals surface area contributed by atoms with Crippen molar-refractivity contribution in [2.24, 2.45) is 0 Å². The molecular formula is C6H38N14O. The Bertz CT molecular complexity index is 365. The van der Waals surface area contributed by atoms with E-state index in [9.17, 15) is 0 Å². The van der Waals surface area contributed by atoms with Gasteiger partial charge in [0.15, 0.2) is 0 Å². The topological polar surface area (TPSA) is 436 Å². The molecule has 0 aliphatic rings. The molecule has 0 aliphatic heterocycles. The number of hydrogen-bond donors (Lipinski definition) is 12. The van der Waals surface area contributed by atoms with Crippen LogP contribution in [0.5, 0.6) is 0 Å². The van der Waals surface area contributed by atoms with Gasteiger partial charge < -0.3 is 72.9 Å². The summed E-state index contributed by atoms with van der Waals surface area (Å²) < 4.78 is 0. The van der Waals surface area contributed by atoms with E-state index in [0.717, 1.165) is 4.85 Å². The summed E-state index contributed by atoms with van der Waals surface area (Å²) in [4.78, 5) is 0.759. The molecule has 0 bridgehead atoms. The van der Waals surface area contributed by atoms with Gasteiger partial charge in [-0.2, -0.15) is 0 Å². The highest BCUT2D eigenvalue weighted by molar-refractivity contribution is 5.73. The van der Waals surface area contributed by atoms with E-state index in [-0.39, 0.29) is 67.7 Å². The molecule has 0 saturated carbocycles. The van der Waals surface area contributed by atoms with E-state index in [1.807, 2.05) is 12.1 Å². The molecule has 1 aromatic heterocycles. The van der Waals surface area contributed by atoms with E-state index in [1.165, 1.54) is 0 Å². The van der Waals surface area contributed by atoms with Crippen molar-refractivity contribution in [1.29, 1.82) is 0 Å². The van der Waals surface area contributed by atoms with E-state index in [1.54, 1.807) is 12.1 Å². The molecule has 0 aliphatic carbocycles. The molecule has 0 saturated heterocycles. The van der Waals surface area contributed by atoms with E-state index in [0.29, 0.717) is 11.0 Å². The Balaban J connectivity index is -0.0000000137. The third-order valence-corrected chi connectivity index (χ3v) is 1.33. The molecule has 0 radical (unpaired) electrons. The standard InChI is InChI=1S/C6H5N3O.11H3N/c10-9-6-4-2-1-3-5(6)7-8-9;;;;;;;;;;;/h1-4,10H;11*1H3. The number of nitrogens with zero attached hydrogens (tertiary/aromatic N) is 3. The Morgan fingerprint density at radius 2 is 1.05 bits per heavy atom. The van der Waals surface area contributed by atoms with Crippen LogP contribution in [0.2, 0.25) is 0 Å². The van der Waals surface area contributed by atoms with Crippen molar-refractivity contribution in [3.8, 4) is 0 Å². The zero-order chi connectivity index (χ0) is 6.97. The summed E-state index contributed by atoms with van der Waals surface area (Å²) >= 11 is 0. The van der Waals surface area contributed by atoms with Gasteiger partial charge in [0.25, 0.3) is 0 Å². The summed E-state index contributed by atoms with van der Waals surface area (Å²) in [7, 11) is 0. The molecule has 0 unspecified atom stereocenters. The van der Waals surface area contributed by atoms with E-state index in [4.69, 9.17) is 5.21 Å². The lowest BCUT2D eigenvalue weighted by molar-refractivity contribution is 0.155. The Labute approximate surface area is 124 Å². The highest BCUT2D eigenvalue weighted by Gasteiger charge is 1.98. The van der Waals surface area contributed by atoms with Gasteiger partial charge in [0.1, 0.15) is 11.0 Å². The predicted molar refractivity (Wildman–Crippen MR) is 90.0 cm³/mol. The van der Waals surface area contributed by atoms with Gasteiger partial charge in [-0.25, -0.2) is 0 Å². The maximum Gasteiger partial charge on any atom is 0.130 e. The predicted octanol–water partition coefficient (Wildman–Crippen LogP) is 2.45. The normalized spacial score (nSPS) is 4.95. The van der Waals surface area contributed by atoms with Crippen molar-refractivity contribution >= 4 is 11.0 Å². The van der Waals surface area contributed by atoms with Crippen LogP contribution in [0.4, 0.5) is 0 Å². The minimum absolute atomic E-state index is 0. The average Bonchev–Trinajstić information content (AvgIpc) is 2.34. The third-order valence-electron chi connectivity index (χ3n) is 1.33. The highest BCUT2D eigenvalue weighted by atomic mass is 16.5. The maximum absolute atomic E-state index is 8.95. The minimum Gasteiger partial charge on any atom is -0.410 e. The van der Waals surface area contributed by atoms with Crippen LogP contribution in [-0.2, 0) is 0 Å². The second kappa shape index (κ2) is 30.8. The van der Waals surface area contributed by atoms with Crippen LogP contribution in [0.1, 0.15) is 0 Å². The lowest BCUT2D eigenvalue weighted by Gasteiger charge is -1.85. The number of rotatable bonds is 0. The van der Waals surface area contributed by atoms with Gasteiger partial charge in [-0.3, -0.25) is 0 Å². The molecule has 0 spiro atoms. The highest BCUT2D eigenvalue weighted by Crippen LogP contribution is 2.06. The fourth-order valence-electron chi connectivity index (χ4n) is 0.857. The first-order valence-electron chi connectivity index (χ1n) is 2.87. The van der Waals surface area contributed by atoms with Crippen LogP contribution in [0.15, 0.2) is 24.3 Å². The molecule has 2 aromatic rings. The summed E-state index contributed by atoms with van der Waals surface area (Å²) in [5.74, 6) is 0.